The Morgan fingerprint density at radius 1 is 1.18 bits per heavy atom. The third kappa shape index (κ3) is 5.06. The van der Waals surface area contributed by atoms with Crippen LogP contribution >= 0.6 is 0 Å². The maximum absolute atomic E-state index is 14.5. The van der Waals surface area contributed by atoms with Crippen molar-refractivity contribution in [3.05, 3.63) is 25.3 Å². The summed E-state index contributed by atoms with van der Waals surface area (Å²) >= 11 is 0. The lowest BCUT2D eigenvalue weighted by atomic mass is 9.62. The minimum absolute atomic E-state index is 0.00905. The highest BCUT2D eigenvalue weighted by atomic mass is 16.5. The van der Waals surface area contributed by atoms with E-state index < -0.39 is 29.1 Å². The Balaban J connectivity index is 2.06. The van der Waals surface area contributed by atoms with Crippen molar-refractivity contribution < 1.29 is 24.2 Å². The molecule has 8 nitrogen and oxygen atoms in total. The van der Waals surface area contributed by atoms with Crippen molar-refractivity contribution in [3.8, 4) is 0 Å². The largest absolute Gasteiger partial charge is 0.396 e. The van der Waals surface area contributed by atoms with Crippen molar-refractivity contribution in [1.82, 2.24) is 14.7 Å². The zero-order valence-corrected chi connectivity index (χ0v) is 24.2. The van der Waals surface area contributed by atoms with Crippen LogP contribution in [-0.2, 0) is 19.1 Å². The molecule has 3 amide bonds. The first-order valence-electron chi connectivity index (χ1n) is 14.4. The summed E-state index contributed by atoms with van der Waals surface area (Å²) in [5.41, 5.74) is -1.86. The van der Waals surface area contributed by atoms with E-state index in [9.17, 15) is 14.4 Å². The Morgan fingerprint density at radius 2 is 1.84 bits per heavy atom. The third-order valence-electron chi connectivity index (χ3n) is 9.25. The van der Waals surface area contributed by atoms with Crippen molar-refractivity contribution in [2.45, 2.75) is 95.9 Å². The fourth-order valence-electron chi connectivity index (χ4n) is 7.26. The summed E-state index contributed by atoms with van der Waals surface area (Å²) in [4.78, 5) is 47.7. The molecule has 3 aliphatic heterocycles. The number of aliphatic hydroxyl groups excluding tert-OH is 1. The van der Waals surface area contributed by atoms with E-state index in [-0.39, 0.29) is 36.3 Å². The van der Waals surface area contributed by atoms with Crippen LogP contribution in [0.5, 0.6) is 0 Å². The Kier molecular flexibility index (Phi) is 9.85. The molecule has 214 valence electrons. The average Bonchev–Trinajstić information content (AvgIpc) is 3.38. The molecule has 0 aromatic heterocycles. The SMILES string of the molecule is C=CCN(C)C(=O)[C@@H]1[C@H]2C(=O)N(CCCCCCO)C(C(=O)N(CC=C)C(C)CCC)C23CC(C)[C@@]1(C)O3. The molecule has 0 saturated carbocycles. The Morgan fingerprint density at radius 3 is 2.45 bits per heavy atom. The van der Waals surface area contributed by atoms with Gasteiger partial charge in [-0.2, -0.15) is 0 Å². The third-order valence-corrected chi connectivity index (χ3v) is 9.25. The van der Waals surface area contributed by atoms with E-state index in [0.29, 0.717) is 26.1 Å². The predicted molar refractivity (Wildman–Crippen MR) is 148 cm³/mol. The standard InChI is InChI=1S/C30H49N3O5/c1-8-15-22(5)32(17-10-3)28(37)25-30-20-21(4)29(6,38-30)23(26(35)31(7)16-9-2)24(30)27(36)33(25)18-13-11-12-14-19-34/h9-10,21-25,34H,2-3,8,11-20H2,1,4-7H3/t21?,22?,23-,24-,25?,29+,30?/m0/s1. The lowest BCUT2D eigenvalue weighted by molar-refractivity contribution is -0.155. The van der Waals surface area contributed by atoms with E-state index in [1.165, 1.54) is 0 Å². The number of nitrogens with zero attached hydrogens (tertiary/aromatic N) is 3. The molecule has 2 bridgehead atoms. The van der Waals surface area contributed by atoms with E-state index in [4.69, 9.17) is 9.84 Å². The molecule has 0 aromatic carbocycles. The molecule has 4 unspecified atom stereocenters. The molecule has 7 atom stereocenters. The highest BCUT2D eigenvalue weighted by Crippen LogP contribution is 2.65. The van der Waals surface area contributed by atoms with Gasteiger partial charge in [-0.3, -0.25) is 14.4 Å². The molecule has 3 heterocycles. The van der Waals surface area contributed by atoms with Gasteiger partial charge in [0, 0.05) is 39.3 Å². The van der Waals surface area contributed by atoms with Gasteiger partial charge in [-0.1, -0.05) is 45.3 Å². The Labute approximate surface area is 229 Å². The maximum atomic E-state index is 14.5. The predicted octanol–water partition coefficient (Wildman–Crippen LogP) is 3.40. The van der Waals surface area contributed by atoms with Gasteiger partial charge in [0.2, 0.25) is 17.7 Å². The van der Waals surface area contributed by atoms with E-state index in [1.807, 2.05) is 18.7 Å². The van der Waals surface area contributed by atoms with Crippen molar-refractivity contribution in [1.29, 1.82) is 0 Å². The van der Waals surface area contributed by atoms with Gasteiger partial charge in [0.25, 0.3) is 0 Å². The number of hydrogen-bond donors (Lipinski definition) is 1. The van der Waals surface area contributed by atoms with E-state index in [0.717, 1.165) is 38.5 Å². The normalized spacial score (nSPS) is 32.3. The van der Waals surface area contributed by atoms with Gasteiger partial charge < -0.3 is 24.5 Å². The first-order valence-corrected chi connectivity index (χ1v) is 14.4. The second-order valence-electron chi connectivity index (χ2n) is 11.8. The van der Waals surface area contributed by atoms with Crippen LogP contribution < -0.4 is 0 Å². The molecule has 1 spiro atoms. The summed E-state index contributed by atoms with van der Waals surface area (Å²) in [7, 11) is 1.73. The highest BCUT2D eigenvalue weighted by molar-refractivity contribution is 5.99. The number of ether oxygens (including phenoxy) is 1. The summed E-state index contributed by atoms with van der Waals surface area (Å²) in [5, 5.41) is 9.15. The lowest BCUT2D eigenvalue weighted by Gasteiger charge is -2.39. The fraction of sp³-hybridized carbons (Fsp3) is 0.767. The van der Waals surface area contributed by atoms with E-state index >= 15 is 0 Å². The van der Waals surface area contributed by atoms with Crippen LogP contribution in [0.2, 0.25) is 0 Å². The number of unbranched alkanes of at least 4 members (excludes halogenated alkanes) is 3. The summed E-state index contributed by atoms with van der Waals surface area (Å²) in [5.74, 6) is -1.72. The number of likely N-dealkylation sites (N-methyl/N-ethyl adjacent to an activating group) is 1. The van der Waals surface area contributed by atoms with E-state index in [2.05, 4.69) is 27.0 Å². The Bertz CT molecular complexity index is 908. The number of aliphatic hydroxyl groups is 1. The second-order valence-corrected chi connectivity index (χ2v) is 11.8. The van der Waals surface area contributed by atoms with Gasteiger partial charge in [0.1, 0.15) is 11.6 Å². The van der Waals surface area contributed by atoms with Crippen LogP contribution in [0, 0.1) is 17.8 Å². The van der Waals surface area contributed by atoms with Crippen LogP contribution in [0.15, 0.2) is 25.3 Å². The van der Waals surface area contributed by atoms with Crippen LogP contribution in [0.1, 0.15) is 72.6 Å². The van der Waals surface area contributed by atoms with Gasteiger partial charge >= 0.3 is 0 Å². The van der Waals surface area contributed by atoms with Crippen molar-refractivity contribution in [2.24, 2.45) is 17.8 Å². The number of rotatable bonds is 15. The first-order chi connectivity index (χ1) is 18.0. The molecular formula is C30H49N3O5. The van der Waals surface area contributed by atoms with Gasteiger partial charge in [0.05, 0.1) is 17.4 Å². The van der Waals surface area contributed by atoms with Gasteiger partial charge in [-0.15, -0.1) is 13.2 Å². The molecule has 3 saturated heterocycles. The minimum atomic E-state index is -1.03. The number of carbonyl (C=O) groups is 3. The fourth-order valence-corrected chi connectivity index (χ4v) is 7.26. The number of amides is 3. The highest BCUT2D eigenvalue weighted by Gasteiger charge is 2.80. The number of carbonyl (C=O) groups excluding carboxylic acids is 3. The molecule has 0 radical (unpaired) electrons. The number of fused-ring (bicyclic) bond motifs is 1. The summed E-state index contributed by atoms with van der Waals surface area (Å²) in [6.45, 7) is 17.2. The number of hydrogen-bond acceptors (Lipinski definition) is 5. The Hall–Kier alpha value is -2.19. The molecule has 38 heavy (non-hydrogen) atoms. The van der Waals surface area contributed by atoms with Crippen LogP contribution in [0.25, 0.3) is 0 Å². The molecule has 3 aliphatic rings. The monoisotopic (exact) mass is 531 g/mol. The first kappa shape index (κ1) is 30.4. The van der Waals surface area contributed by atoms with Crippen molar-refractivity contribution in [2.75, 3.05) is 33.3 Å². The second kappa shape index (κ2) is 12.3. The van der Waals surface area contributed by atoms with Crippen LogP contribution in [-0.4, -0.2) is 94.1 Å². The molecular weight excluding hydrogens is 482 g/mol. The average molecular weight is 532 g/mol. The molecule has 1 N–H and O–H groups in total. The zero-order chi connectivity index (χ0) is 28.3. The van der Waals surface area contributed by atoms with E-state index in [1.54, 1.807) is 29.0 Å². The molecule has 3 rings (SSSR count). The van der Waals surface area contributed by atoms with Gasteiger partial charge in [-0.25, -0.2) is 0 Å². The van der Waals surface area contributed by atoms with Crippen molar-refractivity contribution in [3.63, 3.8) is 0 Å². The topological polar surface area (TPSA) is 90.4 Å². The van der Waals surface area contributed by atoms with Gasteiger partial charge in [-0.05, 0) is 45.4 Å². The lowest BCUT2D eigenvalue weighted by Crippen LogP contribution is -2.58. The quantitative estimate of drug-likeness (QED) is 0.258. The summed E-state index contributed by atoms with van der Waals surface area (Å²) in [6, 6.07) is -0.783. The molecule has 3 fully saturated rings. The zero-order valence-electron chi connectivity index (χ0n) is 24.2. The number of likely N-dealkylation sites (tertiary alicyclic amines) is 1. The smallest absolute Gasteiger partial charge is 0.248 e. The summed E-state index contributed by atoms with van der Waals surface area (Å²) < 4.78 is 6.85. The van der Waals surface area contributed by atoms with Crippen molar-refractivity contribution >= 4 is 17.7 Å². The molecule has 0 aromatic rings. The van der Waals surface area contributed by atoms with Crippen LogP contribution in [0.4, 0.5) is 0 Å². The maximum Gasteiger partial charge on any atom is 0.248 e. The molecule has 0 aliphatic carbocycles. The molecule has 8 heteroatoms. The summed E-state index contributed by atoms with van der Waals surface area (Å²) in [6.07, 6.45) is 8.93. The minimum Gasteiger partial charge on any atom is -0.396 e. The van der Waals surface area contributed by atoms with Gasteiger partial charge in [0.15, 0.2) is 0 Å². The van der Waals surface area contributed by atoms with Crippen LogP contribution in [0.3, 0.4) is 0 Å².